The van der Waals surface area contributed by atoms with Crippen molar-refractivity contribution < 1.29 is 5.11 Å². The summed E-state index contributed by atoms with van der Waals surface area (Å²) < 4.78 is 0. The molecule has 0 heterocycles. The molecule has 0 N–H and O–H groups in total. The second-order valence-corrected chi connectivity index (χ2v) is 9.26. The Morgan fingerprint density at radius 3 is 2.15 bits per heavy atom. The van der Waals surface area contributed by atoms with Crippen LogP contribution in [0.5, 0.6) is 0 Å². The Balaban J connectivity index is 2.92. The van der Waals surface area contributed by atoms with Crippen LogP contribution in [-0.4, -0.2) is 8.07 Å². The van der Waals surface area contributed by atoms with Gasteiger partial charge in [0.1, 0.15) is 0 Å². The first kappa shape index (κ1) is 10.1. The van der Waals surface area contributed by atoms with Crippen LogP contribution >= 0.6 is 0 Å². The molecule has 0 saturated heterocycles. The van der Waals surface area contributed by atoms with E-state index < -0.39 is 8.07 Å². The van der Waals surface area contributed by atoms with Gasteiger partial charge in [0.2, 0.25) is 0 Å². The summed E-state index contributed by atoms with van der Waals surface area (Å²) in [4.78, 5) is 0. The standard InChI is InChI=1S/C11H16OSi/c1-13(2,3)9-11(12)10-7-5-4-6-8-10/h4-9,12H,1-3H3/p-1/b11-9-. The van der Waals surface area contributed by atoms with Gasteiger partial charge >= 0.3 is 0 Å². The van der Waals surface area contributed by atoms with Crippen LogP contribution in [-0.2, 0) is 0 Å². The molecule has 0 atom stereocenters. The summed E-state index contributed by atoms with van der Waals surface area (Å²) in [5, 5.41) is 11.6. The van der Waals surface area contributed by atoms with Crippen molar-refractivity contribution in [2.75, 3.05) is 0 Å². The summed E-state index contributed by atoms with van der Waals surface area (Å²) in [5.74, 6) is 0.166. The molecule has 0 aliphatic rings. The van der Waals surface area contributed by atoms with Gasteiger partial charge in [0.15, 0.2) is 0 Å². The van der Waals surface area contributed by atoms with Gasteiger partial charge in [-0.3, -0.25) is 0 Å². The molecule has 0 saturated carbocycles. The Bertz CT molecular complexity index is 296. The van der Waals surface area contributed by atoms with Crippen molar-refractivity contribution in [3.63, 3.8) is 0 Å². The van der Waals surface area contributed by atoms with Crippen molar-refractivity contribution in [1.82, 2.24) is 0 Å². The monoisotopic (exact) mass is 191 g/mol. The fraction of sp³-hybridized carbons (Fsp3) is 0.273. The zero-order valence-electron chi connectivity index (χ0n) is 8.37. The lowest BCUT2D eigenvalue weighted by atomic mass is 10.2. The predicted octanol–water partition coefficient (Wildman–Crippen LogP) is 2.27. The maximum atomic E-state index is 11.6. The maximum Gasteiger partial charge on any atom is 0.0679 e. The third kappa shape index (κ3) is 3.47. The van der Waals surface area contributed by atoms with Crippen LogP contribution in [0.3, 0.4) is 0 Å². The van der Waals surface area contributed by atoms with E-state index in [1.165, 1.54) is 0 Å². The molecule has 2 heteroatoms. The van der Waals surface area contributed by atoms with Gasteiger partial charge in [-0.2, -0.15) is 0 Å². The van der Waals surface area contributed by atoms with Gasteiger partial charge in [0.25, 0.3) is 0 Å². The Morgan fingerprint density at radius 2 is 1.69 bits per heavy atom. The third-order valence-corrected chi connectivity index (χ3v) is 2.75. The number of hydrogen-bond acceptors (Lipinski definition) is 1. The third-order valence-electron chi connectivity index (χ3n) is 1.62. The lowest BCUT2D eigenvalue weighted by Gasteiger charge is -2.18. The number of hydrogen-bond donors (Lipinski definition) is 0. The van der Waals surface area contributed by atoms with Crippen molar-refractivity contribution in [2.45, 2.75) is 19.6 Å². The van der Waals surface area contributed by atoms with Gasteiger partial charge in [0, 0.05) is 0 Å². The van der Waals surface area contributed by atoms with Crippen LogP contribution in [0.15, 0.2) is 36.0 Å². The molecule has 1 rings (SSSR count). The molecule has 0 bridgehead atoms. The van der Waals surface area contributed by atoms with Gasteiger partial charge in [0.05, 0.1) is 8.07 Å². The van der Waals surface area contributed by atoms with Crippen molar-refractivity contribution in [2.24, 2.45) is 0 Å². The fourth-order valence-corrected chi connectivity index (χ4v) is 2.03. The van der Waals surface area contributed by atoms with E-state index in [0.29, 0.717) is 0 Å². The average Bonchev–Trinajstić information content (AvgIpc) is 2.03. The average molecular weight is 191 g/mol. The largest absolute Gasteiger partial charge is 0.873 e. The van der Waals surface area contributed by atoms with E-state index in [1.807, 2.05) is 36.0 Å². The van der Waals surface area contributed by atoms with Crippen molar-refractivity contribution in [3.8, 4) is 0 Å². The summed E-state index contributed by atoms with van der Waals surface area (Å²) in [5.41, 5.74) is 2.69. The molecular weight excluding hydrogens is 176 g/mol. The highest BCUT2D eigenvalue weighted by atomic mass is 28.3. The van der Waals surface area contributed by atoms with Crippen LogP contribution in [0.4, 0.5) is 0 Å². The summed E-state index contributed by atoms with van der Waals surface area (Å²) >= 11 is 0. The first-order valence-electron chi connectivity index (χ1n) is 4.44. The normalized spacial score (nSPS) is 13.0. The molecule has 0 amide bonds. The Hall–Kier alpha value is -1.02. The quantitative estimate of drug-likeness (QED) is 0.519. The van der Waals surface area contributed by atoms with E-state index in [2.05, 4.69) is 19.6 Å². The highest BCUT2D eigenvalue weighted by molar-refractivity contribution is 6.81. The SMILES string of the molecule is C[Si](C)(C)/C=C(\[O-])c1ccccc1. The lowest BCUT2D eigenvalue weighted by molar-refractivity contribution is -0.243. The Morgan fingerprint density at radius 1 is 1.15 bits per heavy atom. The zero-order valence-corrected chi connectivity index (χ0v) is 9.37. The maximum absolute atomic E-state index is 11.6. The lowest BCUT2D eigenvalue weighted by Crippen LogP contribution is -2.19. The van der Waals surface area contributed by atoms with Crippen molar-refractivity contribution >= 4 is 13.8 Å². The Kier molecular flexibility index (Phi) is 2.93. The van der Waals surface area contributed by atoms with Crippen LogP contribution in [0, 0.1) is 0 Å². The number of rotatable bonds is 2. The number of benzene rings is 1. The molecule has 1 aromatic rings. The highest BCUT2D eigenvalue weighted by Crippen LogP contribution is 2.12. The van der Waals surface area contributed by atoms with Gasteiger partial charge < -0.3 is 5.11 Å². The van der Waals surface area contributed by atoms with E-state index in [9.17, 15) is 5.11 Å². The minimum Gasteiger partial charge on any atom is -0.873 e. The first-order chi connectivity index (χ1) is 5.99. The Labute approximate surface area is 80.7 Å². The molecule has 0 radical (unpaired) electrons. The van der Waals surface area contributed by atoms with E-state index in [4.69, 9.17) is 0 Å². The molecule has 0 unspecified atom stereocenters. The minimum atomic E-state index is -1.38. The molecule has 0 aliphatic heterocycles. The van der Waals surface area contributed by atoms with Gasteiger partial charge in [-0.15, -0.1) is 11.5 Å². The van der Waals surface area contributed by atoms with Gasteiger partial charge in [-0.1, -0.05) is 50.0 Å². The summed E-state index contributed by atoms with van der Waals surface area (Å²) in [7, 11) is -1.38. The van der Waals surface area contributed by atoms with Crippen LogP contribution in [0.25, 0.3) is 5.76 Å². The smallest absolute Gasteiger partial charge is 0.0679 e. The minimum absolute atomic E-state index is 0.166. The summed E-state index contributed by atoms with van der Waals surface area (Å²) in [6.45, 7) is 6.48. The summed E-state index contributed by atoms with van der Waals surface area (Å²) in [6.07, 6.45) is 0. The topological polar surface area (TPSA) is 23.1 Å². The van der Waals surface area contributed by atoms with Crippen LogP contribution in [0.1, 0.15) is 5.56 Å². The van der Waals surface area contributed by atoms with E-state index >= 15 is 0 Å². The van der Waals surface area contributed by atoms with E-state index in [0.717, 1.165) is 5.56 Å². The molecule has 1 nitrogen and oxygen atoms in total. The van der Waals surface area contributed by atoms with Crippen LogP contribution < -0.4 is 5.11 Å². The molecular formula is C11H15OSi-. The fourth-order valence-electron chi connectivity index (χ4n) is 1.08. The molecule has 70 valence electrons. The molecule has 1 aromatic carbocycles. The molecule has 0 fully saturated rings. The predicted molar refractivity (Wildman–Crippen MR) is 57.8 cm³/mol. The van der Waals surface area contributed by atoms with Crippen LogP contribution in [0.2, 0.25) is 19.6 Å². The zero-order chi connectivity index (χ0) is 9.90. The first-order valence-corrected chi connectivity index (χ1v) is 8.02. The highest BCUT2D eigenvalue weighted by Gasteiger charge is 2.07. The second-order valence-electron chi connectivity index (χ2n) is 4.24. The van der Waals surface area contributed by atoms with Crippen molar-refractivity contribution in [1.29, 1.82) is 0 Å². The van der Waals surface area contributed by atoms with E-state index in [1.54, 1.807) is 0 Å². The van der Waals surface area contributed by atoms with Crippen molar-refractivity contribution in [3.05, 3.63) is 41.6 Å². The molecule has 0 spiro atoms. The second kappa shape index (κ2) is 3.79. The molecule has 0 aromatic heterocycles. The van der Waals surface area contributed by atoms with E-state index in [-0.39, 0.29) is 5.76 Å². The van der Waals surface area contributed by atoms with Gasteiger partial charge in [-0.05, 0) is 5.56 Å². The van der Waals surface area contributed by atoms with Gasteiger partial charge in [-0.25, -0.2) is 0 Å². The molecule has 13 heavy (non-hydrogen) atoms. The summed E-state index contributed by atoms with van der Waals surface area (Å²) in [6, 6.07) is 9.43. The molecule has 0 aliphatic carbocycles.